The first-order valence-electron chi connectivity index (χ1n) is 8.90. The highest BCUT2D eigenvalue weighted by Gasteiger charge is 2.25. The molecule has 2 N–H and O–H groups in total. The summed E-state index contributed by atoms with van der Waals surface area (Å²) in [5.41, 5.74) is -0.442. The van der Waals surface area contributed by atoms with Gasteiger partial charge in [0.1, 0.15) is 5.60 Å². The van der Waals surface area contributed by atoms with Crippen molar-refractivity contribution in [3.05, 3.63) is 0 Å². The van der Waals surface area contributed by atoms with Crippen LogP contribution in [0.2, 0.25) is 0 Å². The topological polar surface area (TPSA) is 50.4 Å². The first-order valence-corrected chi connectivity index (χ1v) is 8.90. The number of carbonyl (C=O) groups is 1. The molecule has 0 heterocycles. The van der Waals surface area contributed by atoms with Crippen molar-refractivity contribution in [2.45, 2.75) is 91.3 Å². The average molecular weight is 312 g/mol. The molecule has 1 aliphatic carbocycles. The fraction of sp³-hybridized carbons (Fsp3) is 0.944. The lowest BCUT2D eigenvalue weighted by molar-refractivity contribution is 0.0518. The van der Waals surface area contributed by atoms with Crippen molar-refractivity contribution in [3.63, 3.8) is 0 Å². The molecule has 3 atom stereocenters. The summed E-state index contributed by atoms with van der Waals surface area (Å²) in [5, 5.41) is 6.71. The number of amides is 1. The smallest absolute Gasteiger partial charge is 0.407 e. The molecule has 0 radical (unpaired) electrons. The van der Waals surface area contributed by atoms with E-state index in [9.17, 15) is 4.79 Å². The molecule has 0 aliphatic heterocycles. The highest BCUT2D eigenvalue weighted by atomic mass is 16.6. The lowest BCUT2D eigenvalue weighted by atomic mass is 9.85. The van der Waals surface area contributed by atoms with E-state index in [1.165, 1.54) is 25.7 Å². The SMILES string of the molecule is CC(C)CC(CNC(=O)OC(C)(C)C)NC1CCCCC1C. The number of ether oxygens (including phenoxy) is 1. The Hall–Kier alpha value is -0.770. The second-order valence-corrected chi connectivity index (χ2v) is 8.24. The summed E-state index contributed by atoms with van der Waals surface area (Å²) in [7, 11) is 0. The Morgan fingerprint density at radius 1 is 1.23 bits per heavy atom. The third-order valence-corrected chi connectivity index (χ3v) is 4.21. The Labute approximate surface area is 136 Å². The van der Waals surface area contributed by atoms with Crippen LogP contribution in [-0.2, 0) is 4.74 Å². The normalized spacial score (nSPS) is 24.1. The van der Waals surface area contributed by atoms with Crippen LogP contribution in [0.3, 0.4) is 0 Å². The molecule has 0 spiro atoms. The van der Waals surface area contributed by atoms with Gasteiger partial charge in [-0.25, -0.2) is 4.79 Å². The van der Waals surface area contributed by atoms with Gasteiger partial charge in [0.15, 0.2) is 0 Å². The lowest BCUT2D eigenvalue weighted by Gasteiger charge is -2.34. The summed E-state index contributed by atoms with van der Waals surface area (Å²) in [4.78, 5) is 11.8. The van der Waals surface area contributed by atoms with Gasteiger partial charge in [0.2, 0.25) is 0 Å². The summed E-state index contributed by atoms with van der Waals surface area (Å²) in [6, 6.07) is 0.899. The Bertz CT molecular complexity index is 336. The van der Waals surface area contributed by atoms with Crippen molar-refractivity contribution in [2.24, 2.45) is 11.8 Å². The second kappa shape index (κ2) is 8.76. The van der Waals surface area contributed by atoms with Gasteiger partial charge < -0.3 is 15.4 Å². The van der Waals surface area contributed by atoms with E-state index in [1.54, 1.807) is 0 Å². The molecule has 1 rings (SSSR count). The van der Waals surface area contributed by atoms with E-state index in [4.69, 9.17) is 4.74 Å². The maximum Gasteiger partial charge on any atom is 0.407 e. The third-order valence-electron chi connectivity index (χ3n) is 4.21. The summed E-state index contributed by atoms with van der Waals surface area (Å²) < 4.78 is 5.33. The molecule has 3 unspecified atom stereocenters. The molecule has 4 heteroatoms. The molecule has 4 nitrogen and oxygen atoms in total. The zero-order valence-corrected chi connectivity index (χ0v) is 15.4. The first-order chi connectivity index (χ1) is 10.2. The van der Waals surface area contributed by atoms with Gasteiger partial charge in [-0.15, -0.1) is 0 Å². The van der Waals surface area contributed by atoms with Crippen LogP contribution in [0.15, 0.2) is 0 Å². The number of alkyl carbamates (subject to hydrolysis) is 1. The Balaban J connectivity index is 2.48. The molecule has 1 fully saturated rings. The van der Waals surface area contributed by atoms with Crippen molar-refractivity contribution >= 4 is 6.09 Å². The van der Waals surface area contributed by atoms with Crippen LogP contribution in [-0.4, -0.2) is 30.3 Å². The first kappa shape index (κ1) is 19.3. The van der Waals surface area contributed by atoms with E-state index in [1.807, 2.05) is 20.8 Å². The van der Waals surface area contributed by atoms with Crippen LogP contribution in [0.25, 0.3) is 0 Å². The molecule has 1 amide bonds. The molecule has 0 bridgehead atoms. The van der Waals surface area contributed by atoms with E-state index in [-0.39, 0.29) is 6.09 Å². The lowest BCUT2D eigenvalue weighted by Crippen LogP contribution is -2.49. The van der Waals surface area contributed by atoms with E-state index < -0.39 is 5.60 Å². The van der Waals surface area contributed by atoms with Crippen LogP contribution < -0.4 is 10.6 Å². The van der Waals surface area contributed by atoms with Crippen LogP contribution in [0, 0.1) is 11.8 Å². The zero-order chi connectivity index (χ0) is 16.8. The fourth-order valence-corrected chi connectivity index (χ4v) is 3.17. The monoisotopic (exact) mass is 312 g/mol. The van der Waals surface area contributed by atoms with Gasteiger partial charge in [0.25, 0.3) is 0 Å². The predicted octanol–water partition coefficient (Wildman–Crippen LogP) is 4.09. The average Bonchev–Trinajstić information content (AvgIpc) is 2.36. The van der Waals surface area contributed by atoms with Crippen LogP contribution in [0.4, 0.5) is 4.79 Å². The molecule has 0 aromatic carbocycles. The van der Waals surface area contributed by atoms with Gasteiger partial charge in [-0.3, -0.25) is 0 Å². The minimum atomic E-state index is -0.442. The second-order valence-electron chi connectivity index (χ2n) is 8.24. The van der Waals surface area contributed by atoms with Crippen molar-refractivity contribution in [2.75, 3.05) is 6.54 Å². The fourth-order valence-electron chi connectivity index (χ4n) is 3.17. The molecule has 0 aromatic heterocycles. The van der Waals surface area contributed by atoms with Gasteiger partial charge in [-0.1, -0.05) is 33.6 Å². The number of rotatable bonds is 6. The maximum atomic E-state index is 11.8. The van der Waals surface area contributed by atoms with Crippen molar-refractivity contribution in [1.29, 1.82) is 0 Å². The van der Waals surface area contributed by atoms with E-state index in [2.05, 4.69) is 31.4 Å². The van der Waals surface area contributed by atoms with Crippen molar-refractivity contribution in [3.8, 4) is 0 Å². The van der Waals surface area contributed by atoms with Gasteiger partial charge in [-0.05, 0) is 51.9 Å². The molecule has 0 aromatic rings. The predicted molar refractivity (Wildman–Crippen MR) is 92.0 cm³/mol. The third kappa shape index (κ3) is 8.02. The largest absolute Gasteiger partial charge is 0.444 e. The van der Waals surface area contributed by atoms with Gasteiger partial charge in [-0.2, -0.15) is 0 Å². The maximum absolute atomic E-state index is 11.8. The molecule has 22 heavy (non-hydrogen) atoms. The minimum absolute atomic E-state index is 0.318. The van der Waals surface area contributed by atoms with Crippen LogP contribution in [0.1, 0.15) is 73.6 Å². The zero-order valence-electron chi connectivity index (χ0n) is 15.4. The Kier molecular flexibility index (Phi) is 7.67. The van der Waals surface area contributed by atoms with Crippen LogP contribution >= 0.6 is 0 Å². The summed E-state index contributed by atoms with van der Waals surface area (Å²) in [6.45, 7) is 13.1. The number of hydrogen-bond donors (Lipinski definition) is 2. The Morgan fingerprint density at radius 2 is 1.86 bits per heavy atom. The van der Waals surface area contributed by atoms with Gasteiger partial charge >= 0.3 is 6.09 Å². The van der Waals surface area contributed by atoms with Crippen molar-refractivity contribution < 1.29 is 9.53 Å². The molecular weight excluding hydrogens is 276 g/mol. The van der Waals surface area contributed by atoms with E-state index in [0.29, 0.717) is 24.5 Å². The number of hydrogen-bond acceptors (Lipinski definition) is 3. The highest BCUT2D eigenvalue weighted by molar-refractivity contribution is 5.67. The van der Waals surface area contributed by atoms with Gasteiger partial charge in [0.05, 0.1) is 0 Å². The standard InChI is InChI=1S/C18H36N2O2/c1-13(2)11-15(12-19-17(21)22-18(4,5)6)20-16-10-8-7-9-14(16)3/h13-16,20H,7-12H2,1-6H3,(H,19,21). The Morgan fingerprint density at radius 3 is 2.41 bits per heavy atom. The highest BCUT2D eigenvalue weighted by Crippen LogP contribution is 2.24. The molecule has 1 aliphatic rings. The number of nitrogens with one attached hydrogen (secondary N) is 2. The molecule has 130 valence electrons. The van der Waals surface area contributed by atoms with E-state index in [0.717, 1.165) is 12.3 Å². The summed E-state index contributed by atoms with van der Waals surface area (Å²) in [6.07, 6.45) is 5.98. The quantitative estimate of drug-likeness (QED) is 0.776. The van der Waals surface area contributed by atoms with E-state index >= 15 is 0 Å². The van der Waals surface area contributed by atoms with Crippen LogP contribution in [0.5, 0.6) is 0 Å². The minimum Gasteiger partial charge on any atom is -0.444 e. The van der Waals surface area contributed by atoms with Crippen molar-refractivity contribution in [1.82, 2.24) is 10.6 Å². The van der Waals surface area contributed by atoms with Gasteiger partial charge in [0, 0.05) is 18.6 Å². The summed E-state index contributed by atoms with van der Waals surface area (Å²) >= 11 is 0. The molecular formula is C18H36N2O2. The summed E-state index contributed by atoms with van der Waals surface area (Å²) in [5.74, 6) is 1.33. The number of carbonyl (C=O) groups excluding carboxylic acids is 1. The molecule has 1 saturated carbocycles. The molecule has 0 saturated heterocycles.